The summed E-state index contributed by atoms with van der Waals surface area (Å²) in [5.41, 5.74) is -0.997. The Hall–Kier alpha value is -0.560. The Kier molecular flexibility index (Phi) is 8.63. The smallest absolute Gasteiger partial charge is 0.306 e. The Balaban J connectivity index is 1.71. The SMILES string of the molecule is CC1(C)CC(OC(=O)CCCCC(=O)OC2CC(C)(C)N(Cl)C(C)(C)C2)CC(C)(C)N1Cl. The minimum atomic E-state index is -0.249. The van der Waals surface area contributed by atoms with Gasteiger partial charge in [0.25, 0.3) is 0 Å². The van der Waals surface area contributed by atoms with E-state index < -0.39 is 0 Å². The molecule has 6 nitrogen and oxygen atoms in total. The fraction of sp³-hybridized carbons (Fsp3) is 0.917. The molecule has 2 aliphatic rings. The van der Waals surface area contributed by atoms with Crippen LogP contribution in [0.2, 0.25) is 0 Å². The summed E-state index contributed by atoms with van der Waals surface area (Å²) < 4.78 is 15.2. The van der Waals surface area contributed by atoms with Crippen molar-refractivity contribution in [3.8, 4) is 0 Å². The largest absolute Gasteiger partial charge is 0.462 e. The van der Waals surface area contributed by atoms with Crippen LogP contribution in [0.5, 0.6) is 0 Å². The average molecular weight is 494 g/mol. The summed E-state index contributed by atoms with van der Waals surface area (Å²) in [6, 6.07) is 0. The van der Waals surface area contributed by atoms with E-state index in [0.717, 1.165) is 0 Å². The van der Waals surface area contributed by atoms with Gasteiger partial charge < -0.3 is 9.47 Å². The Morgan fingerprint density at radius 3 is 1.16 bits per heavy atom. The van der Waals surface area contributed by atoms with Crippen molar-refractivity contribution in [2.45, 2.75) is 141 Å². The maximum absolute atomic E-state index is 12.3. The van der Waals surface area contributed by atoms with Gasteiger partial charge in [0.1, 0.15) is 12.2 Å². The van der Waals surface area contributed by atoms with Crippen molar-refractivity contribution in [1.29, 1.82) is 0 Å². The Morgan fingerprint density at radius 2 is 0.906 bits per heavy atom. The predicted octanol–water partition coefficient (Wildman–Crippen LogP) is 5.98. The summed E-state index contributed by atoms with van der Waals surface area (Å²) in [5.74, 6) is -0.424. The van der Waals surface area contributed by atoms with Gasteiger partial charge in [-0.15, -0.1) is 0 Å². The molecule has 0 radical (unpaired) electrons. The summed E-state index contributed by atoms with van der Waals surface area (Å²) in [4.78, 5) is 24.7. The molecule has 0 aliphatic carbocycles. The van der Waals surface area contributed by atoms with Gasteiger partial charge in [-0.25, -0.2) is 8.84 Å². The second kappa shape index (κ2) is 9.97. The number of nitrogens with zero attached hydrogens (tertiary/aromatic N) is 2. The summed E-state index contributed by atoms with van der Waals surface area (Å²) in [6.07, 6.45) is 4.33. The highest BCUT2D eigenvalue weighted by Gasteiger charge is 2.47. The lowest BCUT2D eigenvalue weighted by molar-refractivity contribution is -0.158. The number of halogens is 2. The van der Waals surface area contributed by atoms with Gasteiger partial charge in [0.15, 0.2) is 0 Å². The molecular formula is C24H42Cl2N2O4. The lowest BCUT2D eigenvalue weighted by Crippen LogP contribution is -2.58. The van der Waals surface area contributed by atoms with Gasteiger partial charge >= 0.3 is 11.9 Å². The molecule has 186 valence electrons. The predicted molar refractivity (Wildman–Crippen MR) is 128 cm³/mol. The molecule has 8 heteroatoms. The molecule has 0 amide bonds. The Labute approximate surface area is 204 Å². The zero-order valence-corrected chi connectivity index (χ0v) is 22.6. The van der Waals surface area contributed by atoms with Gasteiger partial charge in [0, 0.05) is 60.7 Å². The monoisotopic (exact) mass is 492 g/mol. The van der Waals surface area contributed by atoms with Crippen molar-refractivity contribution < 1.29 is 19.1 Å². The quantitative estimate of drug-likeness (QED) is 0.247. The van der Waals surface area contributed by atoms with Crippen LogP contribution in [0.4, 0.5) is 0 Å². The second-order valence-electron chi connectivity index (χ2n) is 12.1. The third-order valence-electron chi connectivity index (χ3n) is 6.64. The molecule has 0 aromatic heterocycles. The molecule has 0 N–H and O–H groups in total. The highest BCUT2D eigenvalue weighted by atomic mass is 35.5. The van der Waals surface area contributed by atoms with E-state index in [1.165, 1.54) is 0 Å². The fourth-order valence-electron chi connectivity index (χ4n) is 5.53. The first-order valence-corrected chi connectivity index (χ1v) is 12.5. The van der Waals surface area contributed by atoms with Crippen molar-refractivity contribution >= 4 is 35.5 Å². The van der Waals surface area contributed by atoms with Crippen molar-refractivity contribution in [2.24, 2.45) is 0 Å². The van der Waals surface area contributed by atoms with Crippen molar-refractivity contribution in [3.05, 3.63) is 0 Å². The van der Waals surface area contributed by atoms with E-state index in [0.29, 0.717) is 51.4 Å². The molecule has 2 aliphatic heterocycles. The van der Waals surface area contributed by atoms with Crippen LogP contribution in [0.15, 0.2) is 0 Å². The summed E-state index contributed by atoms with van der Waals surface area (Å²) in [6.45, 7) is 16.5. The van der Waals surface area contributed by atoms with Crippen molar-refractivity contribution in [2.75, 3.05) is 0 Å². The minimum Gasteiger partial charge on any atom is -0.462 e. The molecule has 2 saturated heterocycles. The first kappa shape index (κ1) is 27.7. The molecule has 0 saturated carbocycles. The standard InChI is InChI=1S/C24H42Cl2N2O4/c1-21(2)13-17(14-22(3,4)27(21)25)31-19(29)11-9-10-12-20(30)32-18-15-23(5,6)28(26)24(7,8)16-18/h17-18H,9-16H2,1-8H3. The lowest BCUT2D eigenvalue weighted by Gasteiger charge is -2.50. The van der Waals surface area contributed by atoms with E-state index in [1.54, 1.807) is 0 Å². The van der Waals surface area contributed by atoms with E-state index in [9.17, 15) is 9.59 Å². The van der Waals surface area contributed by atoms with E-state index in [-0.39, 0.29) is 46.3 Å². The Bertz CT molecular complexity index is 599. The number of hydrogen-bond acceptors (Lipinski definition) is 6. The molecule has 0 aromatic rings. The fourth-order valence-corrected chi connectivity index (χ4v) is 5.80. The topological polar surface area (TPSA) is 59.1 Å². The van der Waals surface area contributed by atoms with E-state index >= 15 is 0 Å². The minimum absolute atomic E-state index is 0.146. The van der Waals surface area contributed by atoms with Crippen LogP contribution in [-0.4, -0.2) is 55.1 Å². The van der Waals surface area contributed by atoms with Gasteiger partial charge in [-0.3, -0.25) is 9.59 Å². The molecule has 32 heavy (non-hydrogen) atoms. The van der Waals surface area contributed by atoms with Crippen LogP contribution in [-0.2, 0) is 19.1 Å². The van der Waals surface area contributed by atoms with Crippen LogP contribution in [0.1, 0.15) is 107 Å². The molecule has 0 unspecified atom stereocenters. The lowest BCUT2D eigenvalue weighted by atomic mass is 9.81. The molecular weight excluding hydrogens is 451 g/mol. The summed E-state index contributed by atoms with van der Waals surface area (Å²) in [5, 5.41) is 0. The number of piperidine rings is 2. The van der Waals surface area contributed by atoms with Gasteiger partial charge in [0.2, 0.25) is 0 Å². The number of rotatable bonds is 7. The van der Waals surface area contributed by atoms with Crippen LogP contribution in [0.3, 0.4) is 0 Å². The molecule has 2 rings (SSSR count). The molecule has 2 heterocycles. The van der Waals surface area contributed by atoms with Gasteiger partial charge in [-0.05, 0) is 91.8 Å². The number of carbonyl (C=O) groups is 2. The molecule has 0 bridgehead atoms. The zero-order chi connectivity index (χ0) is 24.5. The van der Waals surface area contributed by atoms with E-state index in [2.05, 4.69) is 55.4 Å². The molecule has 0 aromatic carbocycles. The number of carbonyl (C=O) groups excluding carboxylic acids is 2. The third-order valence-corrected chi connectivity index (χ3v) is 8.47. The number of hydrogen-bond donors (Lipinski definition) is 0. The normalized spacial score (nSPS) is 25.9. The second-order valence-corrected chi connectivity index (χ2v) is 12.7. The molecule has 2 fully saturated rings. The maximum atomic E-state index is 12.3. The molecule has 0 atom stereocenters. The number of esters is 2. The highest BCUT2D eigenvalue weighted by molar-refractivity contribution is 6.14. The molecule has 0 spiro atoms. The van der Waals surface area contributed by atoms with Crippen LogP contribution >= 0.6 is 23.6 Å². The number of unbranched alkanes of at least 4 members (excludes halogenated alkanes) is 1. The van der Waals surface area contributed by atoms with Crippen molar-refractivity contribution in [3.63, 3.8) is 0 Å². The zero-order valence-electron chi connectivity index (χ0n) is 21.1. The third kappa shape index (κ3) is 6.97. The van der Waals surface area contributed by atoms with Gasteiger partial charge in [-0.2, -0.15) is 0 Å². The van der Waals surface area contributed by atoms with Gasteiger partial charge in [0.05, 0.1) is 0 Å². The van der Waals surface area contributed by atoms with E-state index in [4.69, 9.17) is 33.0 Å². The first-order valence-electron chi connectivity index (χ1n) is 11.8. The number of ether oxygens (including phenoxy) is 2. The van der Waals surface area contributed by atoms with Crippen LogP contribution < -0.4 is 0 Å². The summed E-state index contributed by atoms with van der Waals surface area (Å²) >= 11 is 13.0. The van der Waals surface area contributed by atoms with Crippen LogP contribution in [0, 0.1) is 0 Å². The van der Waals surface area contributed by atoms with E-state index in [1.807, 2.05) is 8.84 Å². The Morgan fingerprint density at radius 1 is 0.656 bits per heavy atom. The van der Waals surface area contributed by atoms with Crippen molar-refractivity contribution in [1.82, 2.24) is 8.84 Å². The highest BCUT2D eigenvalue weighted by Crippen LogP contribution is 2.42. The summed E-state index contributed by atoms with van der Waals surface area (Å²) in [7, 11) is 0. The maximum Gasteiger partial charge on any atom is 0.306 e. The van der Waals surface area contributed by atoms with Gasteiger partial charge in [-0.1, -0.05) is 0 Å². The van der Waals surface area contributed by atoms with Crippen LogP contribution in [0.25, 0.3) is 0 Å². The average Bonchev–Trinajstić information content (AvgIpc) is 2.60. The first-order chi connectivity index (χ1) is 14.5.